The normalized spacial score (nSPS) is 10.7. The summed E-state index contributed by atoms with van der Waals surface area (Å²) in [5.74, 6) is 0.745. The van der Waals surface area contributed by atoms with E-state index in [4.69, 9.17) is 11.6 Å². The summed E-state index contributed by atoms with van der Waals surface area (Å²) in [6.45, 7) is 2.00. The van der Waals surface area contributed by atoms with Crippen molar-refractivity contribution in [3.8, 4) is 0 Å². The molecule has 0 radical (unpaired) electrons. The second-order valence-corrected chi connectivity index (χ2v) is 4.46. The number of anilines is 1. The van der Waals surface area contributed by atoms with Crippen molar-refractivity contribution in [3.05, 3.63) is 27.5 Å². The van der Waals surface area contributed by atoms with Crippen molar-refractivity contribution >= 4 is 44.3 Å². The number of aromatic nitrogens is 2. The number of aryl methyl sites for hydroxylation is 1. The lowest BCUT2D eigenvalue weighted by molar-refractivity contribution is 1.20. The molecule has 0 fully saturated rings. The molecule has 1 N–H and O–H groups in total. The molecule has 1 heterocycles. The van der Waals surface area contributed by atoms with Crippen molar-refractivity contribution in [3.63, 3.8) is 0 Å². The quantitative estimate of drug-likeness (QED) is 0.817. The molecule has 0 unspecified atom stereocenters. The van der Waals surface area contributed by atoms with Crippen LogP contribution < -0.4 is 5.32 Å². The molecular formula is C10H9BrClN3. The lowest BCUT2D eigenvalue weighted by Crippen LogP contribution is -1.97. The Bertz CT molecular complexity index is 528. The van der Waals surface area contributed by atoms with Crippen LogP contribution in [-0.4, -0.2) is 17.0 Å². The topological polar surface area (TPSA) is 37.8 Å². The van der Waals surface area contributed by atoms with Gasteiger partial charge in [-0.3, -0.25) is 0 Å². The Balaban J connectivity index is 2.89. The molecule has 0 aliphatic heterocycles. The van der Waals surface area contributed by atoms with Gasteiger partial charge in [0, 0.05) is 16.9 Å². The Labute approximate surface area is 101 Å². The molecular weight excluding hydrogens is 277 g/mol. The van der Waals surface area contributed by atoms with Gasteiger partial charge < -0.3 is 5.32 Å². The summed E-state index contributed by atoms with van der Waals surface area (Å²) in [6.07, 6.45) is 0. The molecule has 1 aromatic heterocycles. The fraction of sp³-hybridized carbons (Fsp3) is 0.200. The van der Waals surface area contributed by atoms with Crippen molar-refractivity contribution in [1.29, 1.82) is 0 Å². The largest absolute Gasteiger partial charge is 0.372 e. The third-order valence-electron chi connectivity index (χ3n) is 2.17. The average molecular weight is 287 g/mol. The molecule has 0 aliphatic rings. The van der Waals surface area contributed by atoms with Gasteiger partial charge in [-0.05, 0) is 36.2 Å². The lowest BCUT2D eigenvalue weighted by Gasteiger charge is -2.07. The molecule has 15 heavy (non-hydrogen) atoms. The fourth-order valence-electron chi connectivity index (χ4n) is 1.52. The van der Waals surface area contributed by atoms with E-state index in [-0.39, 0.29) is 5.28 Å². The second-order valence-electron chi connectivity index (χ2n) is 3.21. The number of hydrogen-bond acceptors (Lipinski definition) is 3. The van der Waals surface area contributed by atoms with Gasteiger partial charge in [0.15, 0.2) is 0 Å². The minimum absolute atomic E-state index is 0.261. The number of halogens is 2. The van der Waals surface area contributed by atoms with Gasteiger partial charge in [0.1, 0.15) is 5.82 Å². The van der Waals surface area contributed by atoms with Crippen LogP contribution in [0, 0.1) is 6.92 Å². The maximum absolute atomic E-state index is 5.84. The van der Waals surface area contributed by atoms with E-state index in [0.717, 1.165) is 26.8 Å². The van der Waals surface area contributed by atoms with Crippen LogP contribution in [0.4, 0.5) is 5.82 Å². The molecule has 1 aromatic carbocycles. The van der Waals surface area contributed by atoms with Crippen molar-refractivity contribution in [2.75, 3.05) is 12.4 Å². The van der Waals surface area contributed by atoms with E-state index in [0.29, 0.717) is 0 Å². The summed E-state index contributed by atoms with van der Waals surface area (Å²) in [7, 11) is 1.81. The SMILES string of the molecule is CNc1nc(Cl)nc2c(C)cc(Br)cc12. The highest BCUT2D eigenvalue weighted by molar-refractivity contribution is 9.10. The highest BCUT2D eigenvalue weighted by Gasteiger charge is 2.08. The third kappa shape index (κ3) is 1.92. The zero-order chi connectivity index (χ0) is 11.0. The maximum Gasteiger partial charge on any atom is 0.224 e. The summed E-state index contributed by atoms with van der Waals surface area (Å²) < 4.78 is 1.01. The van der Waals surface area contributed by atoms with Gasteiger partial charge in [-0.25, -0.2) is 9.97 Å². The first-order valence-electron chi connectivity index (χ1n) is 4.43. The number of hydrogen-bond donors (Lipinski definition) is 1. The van der Waals surface area contributed by atoms with Crippen LogP contribution in [0.25, 0.3) is 10.9 Å². The Morgan fingerprint density at radius 2 is 2.07 bits per heavy atom. The van der Waals surface area contributed by atoms with Gasteiger partial charge in [0.25, 0.3) is 0 Å². The molecule has 0 bridgehead atoms. The molecule has 5 heteroatoms. The van der Waals surface area contributed by atoms with Crippen LogP contribution in [0.15, 0.2) is 16.6 Å². The summed E-state index contributed by atoms with van der Waals surface area (Å²) in [6, 6.07) is 3.98. The fourth-order valence-corrected chi connectivity index (χ4v) is 2.27. The van der Waals surface area contributed by atoms with Crippen LogP contribution >= 0.6 is 27.5 Å². The molecule has 0 saturated carbocycles. The first-order valence-corrected chi connectivity index (χ1v) is 5.60. The van der Waals surface area contributed by atoms with E-state index in [2.05, 4.69) is 31.2 Å². The third-order valence-corrected chi connectivity index (χ3v) is 2.79. The van der Waals surface area contributed by atoms with E-state index in [9.17, 15) is 0 Å². The summed E-state index contributed by atoms with van der Waals surface area (Å²) in [5, 5.41) is 4.24. The summed E-state index contributed by atoms with van der Waals surface area (Å²) in [4.78, 5) is 8.34. The number of nitrogens with zero attached hydrogens (tertiary/aromatic N) is 2. The predicted octanol–water partition coefficient (Wildman–Crippen LogP) is 3.40. The minimum atomic E-state index is 0.261. The van der Waals surface area contributed by atoms with Crippen molar-refractivity contribution in [1.82, 2.24) is 9.97 Å². The molecule has 0 spiro atoms. The Morgan fingerprint density at radius 3 is 2.73 bits per heavy atom. The van der Waals surface area contributed by atoms with E-state index in [1.807, 2.05) is 26.1 Å². The van der Waals surface area contributed by atoms with Crippen molar-refractivity contribution in [2.24, 2.45) is 0 Å². The molecule has 2 rings (SSSR count). The molecule has 2 aromatic rings. The van der Waals surface area contributed by atoms with Gasteiger partial charge >= 0.3 is 0 Å². The van der Waals surface area contributed by atoms with Crippen molar-refractivity contribution < 1.29 is 0 Å². The zero-order valence-electron chi connectivity index (χ0n) is 8.31. The van der Waals surface area contributed by atoms with Crippen LogP contribution in [0.2, 0.25) is 5.28 Å². The summed E-state index contributed by atoms with van der Waals surface area (Å²) in [5.41, 5.74) is 1.95. The number of nitrogens with one attached hydrogen (secondary N) is 1. The molecule has 0 atom stereocenters. The molecule has 3 nitrogen and oxygen atoms in total. The van der Waals surface area contributed by atoms with E-state index in [1.165, 1.54) is 0 Å². The first kappa shape index (κ1) is 10.6. The Morgan fingerprint density at radius 1 is 1.33 bits per heavy atom. The van der Waals surface area contributed by atoms with E-state index >= 15 is 0 Å². The van der Waals surface area contributed by atoms with E-state index in [1.54, 1.807) is 0 Å². The van der Waals surface area contributed by atoms with Crippen LogP contribution in [0.5, 0.6) is 0 Å². The van der Waals surface area contributed by atoms with Gasteiger partial charge in [-0.2, -0.15) is 0 Å². The maximum atomic E-state index is 5.84. The Hall–Kier alpha value is -0.870. The van der Waals surface area contributed by atoms with Crippen molar-refractivity contribution in [2.45, 2.75) is 6.92 Å². The number of rotatable bonds is 1. The molecule has 78 valence electrons. The van der Waals surface area contributed by atoms with E-state index < -0.39 is 0 Å². The predicted molar refractivity (Wildman–Crippen MR) is 66.5 cm³/mol. The van der Waals surface area contributed by atoms with Gasteiger partial charge in [0.05, 0.1) is 5.52 Å². The molecule has 0 amide bonds. The van der Waals surface area contributed by atoms with Gasteiger partial charge in [0.2, 0.25) is 5.28 Å². The Kier molecular flexibility index (Phi) is 2.80. The zero-order valence-corrected chi connectivity index (χ0v) is 10.6. The monoisotopic (exact) mass is 285 g/mol. The van der Waals surface area contributed by atoms with Crippen LogP contribution in [-0.2, 0) is 0 Å². The smallest absolute Gasteiger partial charge is 0.224 e. The minimum Gasteiger partial charge on any atom is -0.372 e. The number of benzene rings is 1. The van der Waals surface area contributed by atoms with Gasteiger partial charge in [-0.1, -0.05) is 15.9 Å². The number of fused-ring (bicyclic) bond motifs is 1. The molecule has 0 saturated heterocycles. The lowest BCUT2D eigenvalue weighted by atomic mass is 10.1. The first-order chi connectivity index (χ1) is 7.11. The second kappa shape index (κ2) is 3.94. The highest BCUT2D eigenvalue weighted by atomic mass is 79.9. The van der Waals surface area contributed by atoms with Crippen LogP contribution in [0.1, 0.15) is 5.56 Å². The summed E-state index contributed by atoms with van der Waals surface area (Å²) >= 11 is 9.29. The van der Waals surface area contributed by atoms with Gasteiger partial charge in [-0.15, -0.1) is 0 Å². The standard InChI is InChI=1S/C10H9BrClN3/c1-5-3-6(11)4-7-8(5)14-10(12)15-9(7)13-2/h3-4H,1-2H3,(H,13,14,15). The molecule has 0 aliphatic carbocycles. The van der Waals surface area contributed by atoms with Crippen LogP contribution in [0.3, 0.4) is 0 Å². The average Bonchev–Trinajstić information content (AvgIpc) is 2.18. The highest BCUT2D eigenvalue weighted by Crippen LogP contribution is 2.27.